The summed E-state index contributed by atoms with van der Waals surface area (Å²) in [5.41, 5.74) is 0.616. The van der Waals surface area contributed by atoms with E-state index in [0.29, 0.717) is 11.4 Å². The Labute approximate surface area is 146 Å². The minimum absolute atomic E-state index is 0.147. The lowest BCUT2D eigenvalue weighted by Gasteiger charge is -2.33. The first-order chi connectivity index (χ1) is 12.1. The second-order valence-corrected chi connectivity index (χ2v) is 5.99. The number of aromatic nitrogens is 1. The lowest BCUT2D eigenvalue weighted by atomic mass is 10.3. The molecule has 0 atom stereocenters. The molecule has 1 aromatic heterocycles. The second-order valence-electron chi connectivity index (χ2n) is 5.99. The maximum absolute atomic E-state index is 12.8. The Morgan fingerprint density at radius 3 is 2.52 bits per heavy atom. The summed E-state index contributed by atoms with van der Waals surface area (Å²) in [6.45, 7) is 3.77. The van der Waals surface area contributed by atoms with Crippen molar-refractivity contribution in [3.8, 4) is 5.75 Å². The number of benzene rings is 1. The number of anilines is 2. The Bertz CT molecular complexity index is 698. The van der Waals surface area contributed by atoms with Gasteiger partial charge in [0.15, 0.2) is 6.61 Å². The van der Waals surface area contributed by atoms with Gasteiger partial charge in [0, 0.05) is 26.2 Å². The summed E-state index contributed by atoms with van der Waals surface area (Å²) in [5.74, 6) is 0.718. The predicted molar refractivity (Wildman–Crippen MR) is 94.5 cm³/mol. The molecule has 1 amide bonds. The fourth-order valence-corrected chi connectivity index (χ4v) is 2.56. The van der Waals surface area contributed by atoms with Crippen molar-refractivity contribution in [2.75, 3.05) is 50.1 Å². The van der Waals surface area contributed by atoms with Crippen molar-refractivity contribution >= 4 is 17.4 Å². The number of hydrogen-bond acceptors (Lipinski definition) is 5. The SMILES string of the molecule is CN1CCN(c2ccc(NC(=O)COc3ccc(F)cc3)cn2)CC1. The van der Waals surface area contributed by atoms with Gasteiger partial charge in [-0.25, -0.2) is 9.37 Å². The summed E-state index contributed by atoms with van der Waals surface area (Å²) in [5, 5.41) is 2.73. The molecule has 6 nitrogen and oxygen atoms in total. The molecule has 2 aromatic rings. The van der Waals surface area contributed by atoms with Gasteiger partial charge < -0.3 is 19.9 Å². The Kier molecular flexibility index (Phi) is 5.45. The van der Waals surface area contributed by atoms with E-state index in [-0.39, 0.29) is 18.3 Å². The molecule has 1 aromatic carbocycles. The van der Waals surface area contributed by atoms with Gasteiger partial charge >= 0.3 is 0 Å². The lowest BCUT2D eigenvalue weighted by molar-refractivity contribution is -0.118. The minimum atomic E-state index is -0.344. The van der Waals surface area contributed by atoms with E-state index in [2.05, 4.69) is 27.1 Å². The highest BCUT2D eigenvalue weighted by Crippen LogP contribution is 2.16. The standard InChI is InChI=1S/C18H21FN4O2/c1-22-8-10-23(11-9-22)17-7-4-15(12-20-17)21-18(24)13-25-16-5-2-14(19)3-6-16/h2-7,12H,8-11,13H2,1H3,(H,21,24). The number of halogens is 1. The smallest absolute Gasteiger partial charge is 0.262 e. The van der Waals surface area contributed by atoms with Gasteiger partial charge in [0.25, 0.3) is 5.91 Å². The minimum Gasteiger partial charge on any atom is -0.484 e. The molecule has 25 heavy (non-hydrogen) atoms. The monoisotopic (exact) mass is 344 g/mol. The summed E-state index contributed by atoms with van der Waals surface area (Å²) in [4.78, 5) is 20.8. The number of amides is 1. The molecule has 1 aliphatic rings. The van der Waals surface area contributed by atoms with Crippen molar-refractivity contribution < 1.29 is 13.9 Å². The molecule has 0 spiro atoms. The Morgan fingerprint density at radius 2 is 1.88 bits per heavy atom. The first-order valence-electron chi connectivity index (χ1n) is 8.18. The van der Waals surface area contributed by atoms with Crippen molar-refractivity contribution in [2.24, 2.45) is 0 Å². The maximum Gasteiger partial charge on any atom is 0.262 e. The quantitative estimate of drug-likeness (QED) is 0.899. The topological polar surface area (TPSA) is 57.7 Å². The van der Waals surface area contributed by atoms with Gasteiger partial charge in [0.1, 0.15) is 17.4 Å². The van der Waals surface area contributed by atoms with E-state index in [4.69, 9.17) is 4.74 Å². The van der Waals surface area contributed by atoms with Gasteiger partial charge in [-0.1, -0.05) is 0 Å². The molecule has 7 heteroatoms. The van der Waals surface area contributed by atoms with Gasteiger partial charge in [-0.2, -0.15) is 0 Å². The van der Waals surface area contributed by atoms with Crippen LogP contribution in [0, 0.1) is 5.82 Å². The summed E-state index contributed by atoms with van der Waals surface area (Å²) in [6, 6.07) is 9.27. The number of pyridine rings is 1. The molecule has 0 bridgehead atoms. The fraction of sp³-hybridized carbons (Fsp3) is 0.333. The third-order valence-electron chi connectivity index (χ3n) is 4.04. The molecule has 1 N–H and O–H groups in total. The Hall–Kier alpha value is -2.67. The van der Waals surface area contributed by atoms with Gasteiger partial charge in [0.05, 0.1) is 11.9 Å². The molecule has 0 saturated carbocycles. The highest BCUT2D eigenvalue weighted by Gasteiger charge is 2.15. The summed E-state index contributed by atoms with van der Waals surface area (Å²) >= 11 is 0. The molecule has 132 valence electrons. The van der Waals surface area contributed by atoms with Crippen LogP contribution in [0.4, 0.5) is 15.9 Å². The van der Waals surface area contributed by atoms with Gasteiger partial charge in [-0.3, -0.25) is 4.79 Å². The number of ether oxygens (including phenoxy) is 1. The van der Waals surface area contributed by atoms with Gasteiger partial charge in [-0.15, -0.1) is 0 Å². The van der Waals surface area contributed by atoms with Crippen LogP contribution >= 0.6 is 0 Å². The van der Waals surface area contributed by atoms with E-state index in [0.717, 1.165) is 32.0 Å². The molecule has 1 saturated heterocycles. The average Bonchev–Trinajstić information content (AvgIpc) is 2.63. The number of piperazine rings is 1. The molecule has 1 fully saturated rings. The second kappa shape index (κ2) is 7.94. The normalized spacial score (nSPS) is 15.0. The highest BCUT2D eigenvalue weighted by molar-refractivity contribution is 5.91. The predicted octanol–water partition coefficient (Wildman–Crippen LogP) is 1.99. The van der Waals surface area contributed by atoms with Crippen molar-refractivity contribution in [1.29, 1.82) is 0 Å². The Morgan fingerprint density at radius 1 is 1.16 bits per heavy atom. The van der Waals surface area contributed by atoms with Crippen LogP contribution in [-0.4, -0.2) is 55.6 Å². The zero-order chi connectivity index (χ0) is 17.6. The van der Waals surface area contributed by atoms with E-state index >= 15 is 0 Å². The van der Waals surface area contributed by atoms with Crippen LogP contribution in [0.15, 0.2) is 42.6 Å². The van der Waals surface area contributed by atoms with Crippen LogP contribution in [0.5, 0.6) is 5.75 Å². The fourth-order valence-electron chi connectivity index (χ4n) is 2.56. The number of hydrogen-bond donors (Lipinski definition) is 1. The maximum atomic E-state index is 12.8. The molecule has 0 aliphatic carbocycles. The first-order valence-corrected chi connectivity index (χ1v) is 8.18. The third kappa shape index (κ3) is 4.90. The number of likely N-dealkylation sites (N-methyl/N-ethyl adjacent to an activating group) is 1. The van der Waals surface area contributed by atoms with E-state index in [1.807, 2.05) is 12.1 Å². The van der Waals surface area contributed by atoms with Crippen LogP contribution < -0.4 is 15.0 Å². The average molecular weight is 344 g/mol. The van der Waals surface area contributed by atoms with Crippen molar-refractivity contribution in [3.05, 3.63) is 48.4 Å². The van der Waals surface area contributed by atoms with Crippen LogP contribution in [0.1, 0.15) is 0 Å². The molecule has 2 heterocycles. The third-order valence-corrected chi connectivity index (χ3v) is 4.04. The lowest BCUT2D eigenvalue weighted by Crippen LogP contribution is -2.44. The van der Waals surface area contributed by atoms with E-state index in [1.54, 1.807) is 6.20 Å². The van der Waals surface area contributed by atoms with Crippen molar-refractivity contribution in [2.45, 2.75) is 0 Å². The molecular weight excluding hydrogens is 323 g/mol. The summed E-state index contributed by atoms with van der Waals surface area (Å²) in [7, 11) is 2.11. The highest BCUT2D eigenvalue weighted by atomic mass is 19.1. The van der Waals surface area contributed by atoms with E-state index in [9.17, 15) is 9.18 Å². The van der Waals surface area contributed by atoms with Crippen LogP contribution in [0.3, 0.4) is 0 Å². The number of rotatable bonds is 5. The van der Waals surface area contributed by atoms with Crippen molar-refractivity contribution in [1.82, 2.24) is 9.88 Å². The van der Waals surface area contributed by atoms with E-state index in [1.165, 1.54) is 24.3 Å². The zero-order valence-corrected chi connectivity index (χ0v) is 14.1. The largest absolute Gasteiger partial charge is 0.484 e. The summed E-state index contributed by atoms with van der Waals surface area (Å²) < 4.78 is 18.1. The number of carbonyl (C=O) groups is 1. The first kappa shape index (κ1) is 17.2. The zero-order valence-electron chi connectivity index (χ0n) is 14.1. The van der Waals surface area contributed by atoms with Gasteiger partial charge in [-0.05, 0) is 43.4 Å². The van der Waals surface area contributed by atoms with Gasteiger partial charge in [0.2, 0.25) is 0 Å². The Balaban J connectivity index is 1.49. The molecule has 0 unspecified atom stereocenters. The van der Waals surface area contributed by atoms with Crippen molar-refractivity contribution in [3.63, 3.8) is 0 Å². The number of nitrogens with one attached hydrogen (secondary N) is 1. The number of nitrogens with zero attached hydrogens (tertiary/aromatic N) is 3. The molecular formula is C18H21FN4O2. The van der Waals surface area contributed by atoms with Crippen LogP contribution in [0.2, 0.25) is 0 Å². The molecule has 0 radical (unpaired) electrons. The number of carbonyl (C=O) groups excluding carboxylic acids is 1. The van der Waals surface area contributed by atoms with Crippen LogP contribution in [-0.2, 0) is 4.79 Å². The molecule has 1 aliphatic heterocycles. The molecule has 3 rings (SSSR count). The summed E-state index contributed by atoms with van der Waals surface area (Å²) in [6.07, 6.45) is 1.64. The van der Waals surface area contributed by atoms with E-state index < -0.39 is 0 Å². The van der Waals surface area contributed by atoms with Crippen LogP contribution in [0.25, 0.3) is 0 Å².